The molecule has 0 bridgehead atoms. The molecule has 28 heavy (non-hydrogen) atoms. The van der Waals surface area contributed by atoms with Crippen molar-refractivity contribution in [2.45, 2.75) is 25.8 Å². The van der Waals surface area contributed by atoms with Gasteiger partial charge in [0.05, 0.1) is 24.3 Å². The maximum atomic E-state index is 14.0. The van der Waals surface area contributed by atoms with Crippen LogP contribution in [-0.2, 0) is 4.79 Å². The van der Waals surface area contributed by atoms with Gasteiger partial charge in [-0.15, -0.1) is 0 Å². The first-order valence-electron chi connectivity index (χ1n) is 9.15. The maximum absolute atomic E-state index is 14.0. The lowest BCUT2D eigenvalue weighted by molar-refractivity contribution is -0.117. The van der Waals surface area contributed by atoms with Crippen molar-refractivity contribution >= 4 is 30.3 Å². The first-order chi connectivity index (χ1) is 13.6. The monoisotopic (exact) mass is 384 g/mol. The molecular formula is C19H21FN6O2. The highest BCUT2D eigenvalue weighted by molar-refractivity contribution is 5.98. The number of aliphatic imine (C=N–C) groups is 1. The number of pyridine rings is 1. The number of hydrogen-bond donors (Lipinski definition) is 2. The van der Waals surface area contributed by atoms with Crippen LogP contribution in [0.1, 0.15) is 36.9 Å². The molecule has 2 aliphatic heterocycles. The van der Waals surface area contributed by atoms with E-state index in [2.05, 4.69) is 37.1 Å². The van der Waals surface area contributed by atoms with E-state index < -0.39 is 5.82 Å². The Bertz CT molecular complexity index is 954. The molecule has 0 radical (unpaired) electrons. The number of aromatic nitrogens is 3. The molecule has 0 aliphatic carbocycles. The van der Waals surface area contributed by atoms with Crippen molar-refractivity contribution in [1.82, 2.24) is 20.5 Å². The van der Waals surface area contributed by atoms with Crippen LogP contribution in [0.2, 0.25) is 0 Å². The SMILES string of the molecule is C=Nc1[nH]nc2c1/C=C(\C)C(=O)NCCOc1ncc(F)cc1[C@H]1CCCN21. The van der Waals surface area contributed by atoms with Crippen molar-refractivity contribution < 1.29 is 13.9 Å². The van der Waals surface area contributed by atoms with Gasteiger partial charge < -0.3 is 15.0 Å². The molecule has 2 aromatic heterocycles. The summed E-state index contributed by atoms with van der Waals surface area (Å²) >= 11 is 0. The zero-order chi connectivity index (χ0) is 19.7. The van der Waals surface area contributed by atoms with Gasteiger partial charge in [0.1, 0.15) is 12.4 Å². The van der Waals surface area contributed by atoms with Crippen LogP contribution in [0.25, 0.3) is 6.08 Å². The quantitative estimate of drug-likeness (QED) is 0.737. The standard InChI is InChI=1S/C19H21FN6O2/c1-11-8-14-16(21-2)24-25-17(14)26-6-3-4-15(26)13-9-12(20)10-23-19(13)28-7-5-22-18(11)27/h8-10,15H,2-7H2,1H3,(H,22,27)(H,24,25)/b11-8+/t15-/m1/s1. The van der Waals surface area contributed by atoms with Crippen LogP contribution in [0.5, 0.6) is 5.88 Å². The second-order valence-electron chi connectivity index (χ2n) is 6.80. The van der Waals surface area contributed by atoms with E-state index in [0.717, 1.165) is 25.6 Å². The van der Waals surface area contributed by atoms with Crippen LogP contribution < -0.4 is 15.0 Å². The van der Waals surface area contributed by atoms with Gasteiger partial charge in [0.15, 0.2) is 11.6 Å². The maximum Gasteiger partial charge on any atom is 0.247 e. The molecule has 9 heteroatoms. The number of halogens is 1. The molecule has 4 rings (SSSR count). The van der Waals surface area contributed by atoms with E-state index in [0.29, 0.717) is 40.8 Å². The first kappa shape index (κ1) is 18.1. The molecule has 1 amide bonds. The third-order valence-electron chi connectivity index (χ3n) is 5.00. The smallest absolute Gasteiger partial charge is 0.247 e. The molecule has 4 heterocycles. The second kappa shape index (κ2) is 7.41. The van der Waals surface area contributed by atoms with E-state index in [1.807, 2.05) is 0 Å². The van der Waals surface area contributed by atoms with Crippen molar-refractivity contribution in [2.75, 3.05) is 24.6 Å². The number of nitrogens with one attached hydrogen (secondary N) is 2. The topological polar surface area (TPSA) is 95.5 Å². The number of H-pyrrole nitrogens is 1. The van der Waals surface area contributed by atoms with Crippen LogP contribution >= 0.6 is 0 Å². The number of rotatable bonds is 1. The third kappa shape index (κ3) is 3.23. The third-order valence-corrected chi connectivity index (χ3v) is 5.00. The summed E-state index contributed by atoms with van der Waals surface area (Å²) in [4.78, 5) is 22.6. The van der Waals surface area contributed by atoms with E-state index in [4.69, 9.17) is 4.74 Å². The predicted molar refractivity (Wildman–Crippen MR) is 103 cm³/mol. The normalized spacial score (nSPS) is 21.5. The molecule has 0 saturated carbocycles. The summed E-state index contributed by atoms with van der Waals surface area (Å²) in [7, 11) is 0. The van der Waals surface area contributed by atoms with E-state index in [1.165, 1.54) is 6.07 Å². The summed E-state index contributed by atoms with van der Waals surface area (Å²) in [6, 6.07) is 1.32. The lowest BCUT2D eigenvalue weighted by Gasteiger charge is -2.26. The fourth-order valence-corrected chi connectivity index (χ4v) is 3.68. The molecule has 2 aromatic rings. The minimum absolute atomic E-state index is 0.143. The minimum Gasteiger partial charge on any atom is -0.476 e. The highest BCUT2D eigenvalue weighted by Crippen LogP contribution is 2.42. The Morgan fingerprint density at radius 2 is 2.32 bits per heavy atom. The number of carbonyl (C=O) groups excluding carboxylic acids is 1. The van der Waals surface area contributed by atoms with Crippen LogP contribution in [0, 0.1) is 5.82 Å². The summed E-state index contributed by atoms with van der Waals surface area (Å²) in [5.74, 6) is 0.868. The fourth-order valence-electron chi connectivity index (χ4n) is 3.68. The largest absolute Gasteiger partial charge is 0.476 e. The Labute approximate surface area is 161 Å². The summed E-state index contributed by atoms with van der Waals surface area (Å²) in [6.45, 7) is 6.59. The zero-order valence-electron chi connectivity index (χ0n) is 15.5. The number of amides is 1. The summed E-state index contributed by atoms with van der Waals surface area (Å²) in [5.41, 5.74) is 1.87. The Morgan fingerprint density at radius 3 is 3.14 bits per heavy atom. The van der Waals surface area contributed by atoms with Crippen molar-refractivity contribution in [3.63, 3.8) is 0 Å². The van der Waals surface area contributed by atoms with Gasteiger partial charge in [-0.1, -0.05) is 0 Å². The Kier molecular flexibility index (Phi) is 4.81. The lowest BCUT2D eigenvalue weighted by Crippen LogP contribution is -2.29. The van der Waals surface area contributed by atoms with Gasteiger partial charge in [-0.3, -0.25) is 9.89 Å². The Morgan fingerprint density at radius 1 is 1.46 bits per heavy atom. The minimum atomic E-state index is -0.418. The number of anilines is 1. The number of fused-ring (bicyclic) bond motifs is 5. The molecule has 0 unspecified atom stereocenters. The highest BCUT2D eigenvalue weighted by Gasteiger charge is 2.33. The van der Waals surface area contributed by atoms with Crippen molar-refractivity contribution in [3.05, 3.63) is 34.8 Å². The Hall–Kier alpha value is -3.23. The van der Waals surface area contributed by atoms with Crippen LogP contribution in [0.15, 0.2) is 22.8 Å². The molecule has 1 saturated heterocycles. The van der Waals surface area contributed by atoms with Crippen LogP contribution in [0.4, 0.5) is 16.0 Å². The van der Waals surface area contributed by atoms with Crippen LogP contribution in [-0.4, -0.2) is 47.5 Å². The van der Waals surface area contributed by atoms with Crippen molar-refractivity contribution in [1.29, 1.82) is 0 Å². The number of carbonyl (C=O) groups is 1. The van der Waals surface area contributed by atoms with Gasteiger partial charge in [-0.05, 0) is 38.6 Å². The first-order valence-corrected chi connectivity index (χ1v) is 9.15. The van der Waals surface area contributed by atoms with Gasteiger partial charge in [-0.25, -0.2) is 14.4 Å². The molecular weight excluding hydrogens is 363 g/mol. The molecule has 0 spiro atoms. The van der Waals surface area contributed by atoms with Gasteiger partial charge >= 0.3 is 0 Å². The summed E-state index contributed by atoms with van der Waals surface area (Å²) in [6.07, 6.45) is 4.61. The highest BCUT2D eigenvalue weighted by atomic mass is 19.1. The summed E-state index contributed by atoms with van der Waals surface area (Å²) in [5, 5.41) is 10.1. The molecule has 1 fully saturated rings. The van der Waals surface area contributed by atoms with Gasteiger partial charge in [0.2, 0.25) is 11.8 Å². The van der Waals surface area contributed by atoms with E-state index in [-0.39, 0.29) is 18.6 Å². The average Bonchev–Trinajstić information content (AvgIpc) is 3.31. The molecule has 2 aliphatic rings. The molecule has 8 nitrogen and oxygen atoms in total. The van der Waals surface area contributed by atoms with E-state index in [1.54, 1.807) is 13.0 Å². The molecule has 2 N–H and O–H groups in total. The van der Waals surface area contributed by atoms with E-state index >= 15 is 0 Å². The van der Waals surface area contributed by atoms with E-state index in [9.17, 15) is 9.18 Å². The lowest BCUT2D eigenvalue weighted by atomic mass is 10.1. The molecule has 146 valence electrons. The zero-order valence-corrected chi connectivity index (χ0v) is 15.5. The fraction of sp³-hybridized carbons (Fsp3) is 0.368. The van der Waals surface area contributed by atoms with Gasteiger partial charge in [0, 0.05) is 17.7 Å². The van der Waals surface area contributed by atoms with Crippen LogP contribution in [0.3, 0.4) is 0 Å². The molecule has 1 atom stereocenters. The van der Waals surface area contributed by atoms with Gasteiger partial charge in [0.25, 0.3) is 0 Å². The average molecular weight is 384 g/mol. The second-order valence-corrected chi connectivity index (χ2v) is 6.80. The Balaban J connectivity index is 1.87. The predicted octanol–water partition coefficient (Wildman–Crippen LogP) is 2.53. The molecule has 0 aromatic carbocycles. The van der Waals surface area contributed by atoms with Crippen molar-refractivity contribution in [3.8, 4) is 5.88 Å². The number of ether oxygens (including phenoxy) is 1. The van der Waals surface area contributed by atoms with Crippen molar-refractivity contribution in [2.24, 2.45) is 4.99 Å². The summed E-state index contributed by atoms with van der Waals surface area (Å²) < 4.78 is 19.8. The number of aromatic amines is 1. The van der Waals surface area contributed by atoms with Gasteiger partial charge in [-0.2, -0.15) is 5.10 Å². The number of nitrogens with zero attached hydrogens (tertiary/aromatic N) is 4. The number of hydrogen-bond acceptors (Lipinski definition) is 6.